The van der Waals surface area contributed by atoms with Gasteiger partial charge in [0.25, 0.3) is 0 Å². The number of aromatic nitrogens is 2. The molecule has 0 spiro atoms. The van der Waals surface area contributed by atoms with Gasteiger partial charge in [0.1, 0.15) is 0 Å². The molecule has 0 saturated heterocycles. The molecule has 0 aliphatic carbocycles. The van der Waals surface area contributed by atoms with Gasteiger partial charge in [0.05, 0.1) is 0 Å². The largest absolute Gasteiger partial charge is 0.357 e. The standard InChI is InChI=1S/C9H18N4/c1-8-7-9(11-13(8)4)12(3)6-5-10-2/h7,10H,5-6H2,1-4H3. The van der Waals surface area contributed by atoms with Crippen molar-refractivity contribution in [3.8, 4) is 0 Å². The number of anilines is 1. The normalized spacial score (nSPS) is 10.5. The Morgan fingerprint density at radius 1 is 1.62 bits per heavy atom. The van der Waals surface area contributed by atoms with Gasteiger partial charge >= 0.3 is 0 Å². The highest BCUT2D eigenvalue weighted by atomic mass is 15.3. The maximum absolute atomic E-state index is 4.38. The number of hydrogen-bond donors (Lipinski definition) is 1. The lowest BCUT2D eigenvalue weighted by Crippen LogP contribution is -2.27. The first-order valence-electron chi connectivity index (χ1n) is 4.51. The molecule has 0 bridgehead atoms. The Morgan fingerprint density at radius 3 is 2.77 bits per heavy atom. The van der Waals surface area contributed by atoms with E-state index in [4.69, 9.17) is 0 Å². The molecule has 4 nitrogen and oxygen atoms in total. The fourth-order valence-electron chi connectivity index (χ4n) is 1.12. The minimum absolute atomic E-state index is 0.978. The van der Waals surface area contributed by atoms with Crippen LogP contribution >= 0.6 is 0 Å². The lowest BCUT2D eigenvalue weighted by molar-refractivity contribution is 0.717. The van der Waals surface area contributed by atoms with Crippen LogP contribution in [-0.2, 0) is 7.05 Å². The average Bonchev–Trinajstić information content (AvgIpc) is 2.43. The summed E-state index contributed by atoms with van der Waals surface area (Å²) in [5, 5.41) is 7.49. The van der Waals surface area contributed by atoms with E-state index < -0.39 is 0 Å². The van der Waals surface area contributed by atoms with Gasteiger partial charge in [0, 0.05) is 38.9 Å². The van der Waals surface area contributed by atoms with Crippen molar-refractivity contribution in [1.29, 1.82) is 0 Å². The molecule has 1 aromatic rings. The lowest BCUT2D eigenvalue weighted by atomic mass is 10.4. The van der Waals surface area contributed by atoms with Crippen LogP contribution in [0.15, 0.2) is 6.07 Å². The van der Waals surface area contributed by atoms with Crippen LogP contribution < -0.4 is 10.2 Å². The fraction of sp³-hybridized carbons (Fsp3) is 0.667. The molecule has 1 aromatic heterocycles. The molecule has 4 heteroatoms. The monoisotopic (exact) mass is 182 g/mol. The van der Waals surface area contributed by atoms with E-state index in [0.29, 0.717) is 0 Å². The summed E-state index contributed by atoms with van der Waals surface area (Å²) >= 11 is 0. The van der Waals surface area contributed by atoms with E-state index in [2.05, 4.69) is 35.4 Å². The van der Waals surface area contributed by atoms with Crippen molar-refractivity contribution in [1.82, 2.24) is 15.1 Å². The van der Waals surface area contributed by atoms with Gasteiger partial charge in [-0.3, -0.25) is 4.68 Å². The van der Waals surface area contributed by atoms with Gasteiger partial charge in [0.2, 0.25) is 0 Å². The van der Waals surface area contributed by atoms with Crippen LogP contribution in [0.1, 0.15) is 5.69 Å². The SMILES string of the molecule is CNCCN(C)c1cc(C)n(C)n1. The third-order valence-corrected chi connectivity index (χ3v) is 2.19. The van der Waals surface area contributed by atoms with Crippen LogP contribution in [0.2, 0.25) is 0 Å². The summed E-state index contributed by atoms with van der Waals surface area (Å²) in [7, 11) is 5.97. The van der Waals surface area contributed by atoms with Gasteiger partial charge < -0.3 is 10.2 Å². The fourth-order valence-corrected chi connectivity index (χ4v) is 1.12. The highest BCUT2D eigenvalue weighted by Gasteiger charge is 2.04. The van der Waals surface area contributed by atoms with E-state index >= 15 is 0 Å². The molecule has 0 fully saturated rings. The first kappa shape index (κ1) is 10.1. The van der Waals surface area contributed by atoms with Crippen molar-refractivity contribution in [2.24, 2.45) is 7.05 Å². The number of likely N-dealkylation sites (N-methyl/N-ethyl adjacent to an activating group) is 2. The molecule has 1 rings (SSSR count). The molecular formula is C9H18N4. The summed E-state index contributed by atoms with van der Waals surface area (Å²) in [6, 6.07) is 2.09. The molecule has 1 heterocycles. The van der Waals surface area contributed by atoms with Crippen molar-refractivity contribution in [2.45, 2.75) is 6.92 Å². The van der Waals surface area contributed by atoms with Crippen LogP contribution in [-0.4, -0.2) is 37.0 Å². The molecule has 74 valence electrons. The van der Waals surface area contributed by atoms with Crippen molar-refractivity contribution < 1.29 is 0 Å². The number of nitrogens with one attached hydrogen (secondary N) is 1. The number of hydrogen-bond acceptors (Lipinski definition) is 3. The summed E-state index contributed by atoms with van der Waals surface area (Å²) in [5.74, 6) is 1.04. The Labute approximate surface area is 79.5 Å². The Bertz CT molecular complexity index is 247. The molecule has 13 heavy (non-hydrogen) atoms. The highest BCUT2D eigenvalue weighted by molar-refractivity contribution is 5.38. The van der Waals surface area contributed by atoms with E-state index in [-0.39, 0.29) is 0 Å². The molecule has 0 radical (unpaired) electrons. The number of nitrogens with zero attached hydrogens (tertiary/aromatic N) is 3. The predicted molar refractivity (Wildman–Crippen MR) is 55.1 cm³/mol. The average molecular weight is 182 g/mol. The zero-order chi connectivity index (χ0) is 9.84. The van der Waals surface area contributed by atoms with Crippen molar-refractivity contribution >= 4 is 5.82 Å². The van der Waals surface area contributed by atoms with Gasteiger partial charge in [-0.1, -0.05) is 0 Å². The zero-order valence-corrected chi connectivity index (χ0v) is 8.83. The van der Waals surface area contributed by atoms with E-state index in [1.165, 1.54) is 5.69 Å². The quantitative estimate of drug-likeness (QED) is 0.731. The summed E-state index contributed by atoms with van der Waals surface area (Å²) in [5.41, 5.74) is 1.19. The Kier molecular flexibility index (Phi) is 3.31. The molecule has 0 aliphatic heterocycles. The Balaban J connectivity index is 2.60. The van der Waals surface area contributed by atoms with E-state index in [1.54, 1.807) is 0 Å². The molecule has 0 unspecified atom stereocenters. The predicted octanol–water partition coefficient (Wildman–Crippen LogP) is 0.384. The second-order valence-corrected chi connectivity index (χ2v) is 3.29. The topological polar surface area (TPSA) is 33.1 Å². The van der Waals surface area contributed by atoms with Crippen LogP contribution in [0.3, 0.4) is 0 Å². The Morgan fingerprint density at radius 2 is 2.31 bits per heavy atom. The molecule has 0 amide bonds. The maximum atomic E-state index is 4.38. The highest BCUT2D eigenvalue weighted by Crippen LogP contribution is 2.10. The van der Waals surface area contributed by atoms with Crippen LogP contribution in [0, 0.1) is 6.92 Å². The molecule has 0 atom stereocenters. The van der Waals surface area contributed by atoms with Gasteiger partial charge in [-0.15, -0.1) is 0 Å². The minimum atomic E-state index is 0.978. The minimum Gasteiger partial charge on any atom is -0.357 e. The van der Waals surface area contributed by atoms with Crippen LogP contribution in [0.4, 0.5) is 5.82 Å². The molecule has 0 aromatic carbocycles. The maximum Gasteiger partial charge on any atom is 0.150 e. The first-order chi connectivity index (χ1) is 6.15. The van der Waals surface area contributed by atoms with E-state index in [9.17, 15) is 0 Å². The summed E-state index contributed by atoms with van der Waals surface area (Å²) in [4.78, 5) is 2.14. The van der Waals surface area contributed by atoms with Crippen LogP contribution in [0.5, 0.6) is 0 Å². The number of aryl methyl sites for hydroxylation is 2. The van der Waals surface area contributed by atoms with Gasteiger partial charge in [-0.25, -0.2) is 0 Å². The lowest BCUT2D eigenvalue weighted by Gasteiger charge is -2.15. The van der Waals surface area contributed by atoms with E-state index in [1.807, 2.05) is 18.8 Å². The third kappa shape index (κ3) is 2.45. The molecule has 0 saturated carbocycles. The Hall–Kier alpha value is -1.03. The molecule has 0 aliphatic rings. The summed E-state index contributed by atoms with van der Waals surface area (Å²) in [6.45, 7) is 4.02. The van der Waals surface area contributed by atoms with Crippen molar-refractivity contribution in [3.05, 3.63) is 11.8 Å². The second-order valence-electron chi connectivity index (χ2n) is 3.29. The van der Waals surface area contributed by atoms with Crippen LogP contribution in [0.25, 0.3) is 0 Å². The van der Waals surface area contributed by atoms with Crippen molar-refractivity contribution in [2.75, 3.05) is 32.1 Å². The molecule has 1 N–H and O–H groups in total. The van der Waals surface area contributed by atoms with Gasteiger partial charge in [-0.05, 0) is 14.0 Å². The third-order valence-electron chi connectivity index (χ3n) is 2.19. The second kappa shape index (κ2) is 4.28. The first-order valence-corrected chi connectivity index (χ1v) is 4.51. The van der Waals surface area contributed by atoms with Gasteiger partial charge in [0.15, 0.2) is 5.82 Å². The van der Waals surface area contributed by atoms with E-state index in [0.717, 1.165) is 18.9 Å². The summed E-state index contributed by atoms with van der Waals surface area (Å²) < 4.78 is 1.89. The van der Waals surface area contributed by atoms with Crippen molar-refractivity contribution in [3.63, 3.8) is 0 Å². The smallest absolute Gasteiger partial charge is 0.150 e. The molecular weight excluding hydrogens is 164 g/mol. The number of rotatable bonds is 4. The van der Waals surface area contributed by atoms with Gasteiger partial charge in [-0.2, -0.15) is 5.10 Å². The summed E-state index contributed by atoms with van der Waals surface area (Å²) in [6.07, 6.45) is 0. The zero-order valence-electron chi connectivity index (χ0n) is 8.83.